The SMILES string of the molecule is CC(C)(C)[C@@H]1CCc2c(sc3c2C(=O)N[C@@H](c2cc(Br)cc(Br)c2O)N3)C1. The number of thiophene rings is 1. The van der Waals surface area contributed by atoms with Crippen LogP contribution in [0.25, 0.3) is 0 Å². The number of rotatable bonds is 1. The van der Waals surface area contributed by atoms with Crippen molar-refractivity contribution in [3.05, 3.63) is 42.6 Å². The second kappa shape index (κ2) is 6.78. The van der Waals surface area contributed by atoms with Gasteiger partial charge in [0.2, 0.25) is 0 Å². The van der Waals surface area contributed by atoms with Gasteiger partial charge in [0.1, 0.15) is 16.9 Å². The average Bonchev–Trinajstić information content (AvgIpc) is 2.95. The lowest BCUT2D eigenvalue weighted by Gasteiger charge is -2.34. The highest BCUT2D eigenvalue weighted by atomic mass is 79.9. The lowest BCUT2D eigenvalue weighted by atomic mass is 9.72. The number of carbonyl (C=O) groups is 1. The molecule has 1 aliphatic heterocycles. The molecule has 144 valence electrons. The van der Waals surface area contributed by atoms with Crippen LogP contribution in [-0.4, -0.2) is 11.0 Å². The summed E-state index contributed by atoms with van der Waals surface area (Å²) in [7, 11) is 0. The monoisotopic (exact) mass is 512 g/mol. The Balaban J connectivity index is 1.69. The third-order valence-corrected chi connectivity index (χ3v) is 7.88. The summed E-state index contributed by atoms with van der Waals surface area (Å²) in [5.74, 6) is 0.707. The van der Waals surface area contributed by atoms with Gasteiger partial charge in [-0.25, -0.2) is 0 Å². The van der Waals surface area contributed by atoms with E-state index in [9.17, 15) is 9.90 Å². The molecule has 0 spiro atoms. The molecule has 0 saturated heterocycles. The molecule has 0 fully saturated rings. The molecule has 1 aliphatic carbocycles. The van der Waals surface area contributed by atoms with Crippen LogP contribution in [0.4, 0.5) is 5.00 Å². The summed E-state index contributed by atoms with van der Waals surface area (Å²) < 4.78 is 1.43. The van der Waals surface area contributed by atoms with Crippen LogP contribution in [0.15, 0.2) is 21.1 Å². The highest BCUT2D eigenvalue weighted by Crippen LogP contribution is 2.47. The third-order valence-electron chi connectivity index (χ3n) is 5.64. The van der Waals surface area contributed by atoms with Crippen molar-refractivity contribution in [2.45, 2.75) is 46.2 Å². The minimum Gasteiger partial charge on any atom is -0.506 e. The molecular weight excluding hydrogens is 492 g/mol. The number of carbonyl (C=O) groups excluding carboxylic acids is 1. The second-order valence-electron chi connectivity index (χ2n) is 8.39. The lowest BCUT2D eigenvalue weighted by Crippen LogP contribution is -2.38. The number of benzene rings is 1. The Kier molecular flexibility index (Phi) is 4.84. The van der Waals surface area contributed by atoms with Gasteiger partial charge in [-0.3, -0.25) is 4.79 Å². The predicted molar refractivity (Wildman–Crippen MR) is 117 cm³/mol. The minimum atomic E-state index is -0.461. The Hall–Kier alpha value is -1.05. The minimum absolute atomic E-state index is 0.0593. The summed E-state index contributed by atoms with van der Waals surface area (Å²) in [6, 6.07) is 3.61. The summed E-state index contributed by atoms with van der Waals surface area (Å²) in [5.41, 5.74) is 2.91. The Bertz CT molecular complexity index is 933. The van der Waals surface area contributed by atoms with Gasteiger partial charge in [-0.2, -0.15) is 0 Å². The normalized spacial score (nSPS) is 21.9. The van der Waals surface area contributed by atoms with Gasteiger partial charge in [0.15, 0.2) is 0 Å². The van der Waals surface area contributed by atoms with E-state index in [2.05, 4.69) is 63.3 Å². The van der Waals surface area contributed by atoms with Crippen LogP contribution in [0.2, 0.25) is 0 Å². The molecule has 2 aromatic rings. The summed E-state index contributed by atoms with van der Waals surface area (Å²) in [6.45, 7) is 6.89. The number of amides is 1. The maximum atomic E-state index is 12.9. The number of phenols is 1. The van der Waals surface area contributed by atoms with Crippen molar-refractivity contribution < 1.29 is 9.90 Å². The lowest BCUT2D eigenvalue weighted by molar-refractivity contribution is 0.0934. The molecule has 2 atom stereocenters. The molecule has 0 bridgehead atoms. The summed E-state index contributed by atoms with van der Waals surface area (Å²) in [4.78, 5) is 14.2. The fourth-order valence-corrected chi connectivity index (χ4v) is 6.61. The number of phenolic OH excluding ortho intramolecular Hbond substituents is 1. The largest absolute Gasteiger partial charge is 0.506 e. The van der Waals surface area contributed by atoms with Crippen molar-refractivity contribution in [1.82, 2.24) is 5.32 Å². The van der Waals surface area contributed by atoms with Crippen LogP contribution in [0.5, 0.6) is 5.75 Å². The molecule has 1 amide bonds. The molecule has 0 saturated carbocycles. The number of hydrogen-bond acceptors (Lipinski definition) is 4. The molecule has 0 radical (unpaired) electrons. The smallest absolute Gasteiger partial charge is 0.256 e. The first-order valence-corrected chi connectivity index (χ1v) is 11.4. The number of nitrogens with one attached hydrogen (secondary N) is 2. The van der Waals surface area contributed by atoms with Crippen LogP contribution in [-0.2, 0) is 12.8 Å². The maximum absolute atomic E-state index is 12.9. The second-order valence-corrected chi connectivity index (χ2v) is 11.3. The molecule has 2 aliphatic rings. The first-order chi connectivity index (χ1) is 12.6. The molecule has 4 nitrogen and oxygen atoms in total. The number of aromatic hydroxyl groups is 1. The van der Waals surface area contributed by atoms with Gasteiger partial charge in [0.25, 0.3) is 5.91 Å². The van der Waals surface area contributed by atoms with E-state index < -0.39 is 6.17 Å². The first kappa shape index (κ1) is 19.3. The third kappa shape index (κ3) is 3.42. The van der Waals surface area contributed by atoms with Gasteiger partial charge in [-0.05, 0) is 64.2 Å². The Morgan fingerprint density at radius 2 is 1.96 bits per heavy atom. The van der Waals surface area contributed by atoms with Gasteiger partial charge in [-0.15, -0.1) is 11.3 Å². The zero-order valence-electron chi connectivity index (χ0n) is 15.5. The molecule has 27 heavy (non-hydrogen) atoms. The number of anilines is 1. The van der Waals surface area contributed by atoms with E-state index in [1.165, 1.54) is 10.4 Å². The number of fused-ring (bicyclic) bond motifs is 3. The number of halogens is 2. The van der Waals surface area contributed by atoms with Gasteiger partial charge < -0.3 is 15.7 Å². The molecule has 7 heteroatoms. The van der Waals surface area contributed by atoms with E-state index in [4.69, 9.17) is 0 Å². The van der Waals surface area contributed by atoms with E-state index >= 15 is 0 Å². The van der Waals surface area contributed by atoms with Crippen LogP contribution in [0.3, 0.4) is 0 Å². The number of hydrogen-bond donors (Lipinski definition) is 3. The van der Waals surface area contributed by atoms with E-state index in [1.807, 2.05) is 6.07 Å². The topological polar surface area (TPSA) is 61.4 Å². The van der Waals surface area contributed by atoms with Crippen LogP contribution < -0.4 is 10.6 Å². The highest BCUT2D eigenvalue weighted by Gasteiger charge is 2.37. The quantitative estimate of drug-likeness (QED) is 0.439. The molecule has 0 unspecified atom stereocenters. The van der Waals surface area contributed by atoms with Crippen molar-refractivity contribution in [3.8, 4) is 5.75 Å². The zero-order valence-corrected chi connectivity index (χ0v) is 19.4. The van der Waals surface area contributed by atoms with Crippen LogP contribution >= 0.6 is 43.2 Å². The molecule has 3 N–H and O–H groups in total. The molecular formula is C20H22Br2N2O2S. The van der Waals surface area contributed by atoms with Crippen molar-refractivity contribution >= 4 is 54.1 Å². The average molecular weight is 514 g/mol. The standard InChI is InChI=1S/C20H22Br2N2O2S/c1-20(2,3)9-4-5-11-14(6-9)27-19-15(11)18(26)23-17(24-19)12-7-10(21)8-13(22)16(12)25/h7-9,17,24-25H,4-6H2,1-3H3,(H,23,26)/t9-,17-/m1/s1. The van der Waals surface area contributed by atoms with Crippen LogP contribution in [0.1, 0.15) is 59.7 Å². The zero-order chi connectivity index (χ0) is 19.5. The summed E-state index contributed by atoms with van der Waals surface area (Å²) >= 11 is 8.51. The van der Waals surface area contributed by atoms with Gasteiger partial charge in [0.05, 0.1) is 10.0 Å². The van der Waals surface area contributed by atoms with Gasteiger partial charge in [0, 0.05) is 14.9 Å². The van der Waals surface area contributed by atoms with E-state index in [-0.39, 0.29) is 17.1 Å². The van der Waals surface area contributed by atoms with Crippen molar-refractivity contribution in [1.29, 1.82) is 0 Å². The van der Waals surface area contributed by atoms with Gasteiger partial charge in [-0.1, -0.05) is 36.7 Å². The van der Waals surface area contributed by atoms with Gasteiger partial charge >= 0.3 is 0 Å². The first-order valence-electron chi connectivity index (χ1n) is 9.05. The molecule has 1 aromatic carbocycles. The van der Waals surface area contributed by atoms with Crippen molar-refractivity contribution in [2.24, 2.45) is 11.3 Å². The molecule has 1 aromatic heterocycles. The summed E-state index contributed by atoms with van der Waals surface area (Å²) in [6.07, 6.45) is 2.65. The fraction of sp³-hybridized carbons (Fsp3) is 0.450. The van der Waals surface area contributed by atoms with E-state index in [1.54, 1.807) is 17.4 Å². The Labute approximate surface area is 180 Å². The van der Waals surface area contributed by atoms with E-state index in [0.717, 1.165) is 34.3 Å². The van der Waals surface area contributed by atoms with E-state index in [0.29, 0.717) is 16.0 Å². The Morgan fingerprint density at radius 3 is 2.67 bits per heavy atom. The fourth-order valence-electron chi connectivity index (χ4n) is 4.00. The predicted octanol–water partition coefficient (Wildman–Crippen LogP) is 5.98. The van der Waals surface area contributed by atoms with Crippen LogP contribution in [0, 0.1) is 11.3 Å². The Morgan fingerprint density at radius 1 is 1.22 bits per heavy atom. The summed E-state index contributed by atoms with van der Waals surface area (Å²) in [5, 5.41) is 17.8. The maximum Gasteiger partial charge on any atom is 0.256 e. The highest BCUT2D eigenvalue weighted by molar-refractivity contribution is 9.11. The molecule has 2 heterocycles. The molecule has 4 rings (SSSR count). The van der Waals surface area contributed by atoms with Crippen molar-refractivity contribution in [3.63, 3.8) is 0 Å². The van der Waals surface area contributed by atoms with Crippen molar-refractivity contribution in [2.75, 3.05) is 5.32 Å².